The fourth-order valence-corrected chi connectivity index (χ4v) is 3.28. The molecule has 1 aliphatic carbocycles. The molecule has 104 valence electrons. The first-order valence-corrected chi connectivity index (χ1v) is 6.91. The number of rotatable bonds is 3. The van der Waals surface area contributed by atoms with E-state index in [-0.39, 0.29) is 5.54 Å². The SMILES string of the molecule is FC(F)(F)c1ccc(CC2(C3CC3)CCCN2)cc1. The molecule has 19 heavy (non-hydrogen) atoms. The van der Waals surface area contributed by atoms with Crippen LogP contribution in [-0.2, 0) is 12.6 Å². The largest absolute Gasteiger partial charge is 0.416 e. The molecule has 1 heterocycles. The van der Waals surface area contributed by atoms with Crippen molar-refractivity contribution in [3.8, 4) is 0 Å². The van der Waals surface area contributed by atoms with Gasteiger partial charge in [-0.25, -0.2) is 0 Å². The Kier molecular flexibility index (Phi) is 3.08. The Morgan fingerprint density at radius 3 is 2.32 bits per heavy atom. The van der Waals surface area contributed by atoms with Crippen LogP contribution in [0.5, 0.6) is 0 Å². The third-order valence-electron chi connectivity index (χ3n) is 4.44. The van der Waals surface area contributed by atoms with Gasteiger partial charge in [0.1, 0.15) is 0 Å². The lowest BCUT2D eigenvalue weighted by Gasteiger charge is -2.30. The van der Waals surface area contributed by atoms with E-state index in [2.05, 4.69) is 5.32 Å². The number of benzene rings is 1. The van der Waals surface area contributed by atoms with Crippen LogP contribution in [-0.4, -0.2) is 12.1 Å². The van der Waals surface area contributed by atoms with Gasteiger partial charge in [-0.05, 0) is 62.3 Å². The van der Waals surface area contributed by atoms with Gasteiger partial charge >= 0.3 is 6.18 Å². The van der Waals surface area contributed by atoms with Crippen molar-refractivity contribution in [1.82, 2.24) is 5.32 Å². The van der Waals surface area contributed by atoms with E-state index in [0.717, 1.165) is 30.9 Å². The van der Waals surface area contributed by atoms with Crippen LogP contribution >= 0.6 is 0 Å². The second-order valence-corrected chi connectivity index (χ2v) is 5.83. The highest BCUT2D eigenvalue weighted by Crippen LogP contribution is 2.46. The fraction of sp³-hybridized carbons (Fsp3) is 0.600. The zero-order valence-corrected chi connectivity index (χ0v) is 10.8. The second-order valence-electron chi connectivity index (χ2n) is 5.83. The number of halogens is 3. The molecule has 1 saturated heterocycles. The highest BCUT2D eigenvalue weighted by atomic mass is 19.4. The molecule has 1 atom stereocenters. The van der Waals surface area contributed by atoms with E-state index in [1.165, 1.54) is 31.4 Å². The van der Waals surface area contributed by atoms with Crippen molar-refractivity contribution in [2.75, 3.05) is 6.54 Å². The second kappa shape index (κ2) is 4.51. The molecule has 3 rings (SSSR count). The molecular weight excluding hydrogens is 251 g/mol. The normalized spacial score (nSPS) is 27.7. The van der Waals surface area contributed by atoms with Gasteiger partial charge in [0.05, 0.1) is 5.56 Å². The van der Waals surface area contributed by atoms with Gasteiger partial charge in [-0.15, -0.1) is 0 Å². The Hall–Kier alpha value is -1.03. The summed E-state index contributed by atoms with van der Waals surface area (Å²) in [5.41, 5.74) is 0.602. The molecule has 0 radical (unpaired) electrons. The third kappa shape index (κ3) is 2.64. The molecule has 1 aromatic rings. The summed E-state index contributed by atoms with van der Waals surface area (Å²) in [6.45, 7) is 1.04. The molecule has 0 bridgehead atoms. The van der Waals surface area contributed by atoms with E-state index in [4.69, 9.17) is 0 Å². The van der Waals surface area contributed by atoms with Crippen LogP contribution in [0.1, 0.15) is 36.8 Å². The first-order chi connectivity index (χ1) is 9.00. The predicted octanol–water partition coefficient (Wildman–Crippen LogP) is 3.78. The number of alkyl halides is 3. The molecule has 1 aliphatic heterocycles. The molecule has 1 saturated carbocycles. The Labute approximate surface area is 111 Å². The van der Waals surface area contributed by atoms with E-state index >= 15 is 0 Å². The summed E-state index contributed by atoms with van der Waals surface area (Å²) >= 11 is 0. The van der Waals surface area contributed by atoms with Gasteiger partial charge in [0, 0.05) is 5.54 Å². The molecule has 0 aromatic heterocycles. The van der Waals surface area contributed by atoms with Crippen molar-refractivity contribution in [3.05, 3.63) is 35.4 Å². The van der Waals surface area contributed by atoms with Gasteiger partial charge in [0.25, 0.3) is 0 Å². The highest BCUT2D eigenvalue weighted by Gasteiger charge is 2.46. The van der Waals surface area contributed by atoms with E-state index < -0.39 is 11.7 Å². The quantitative estimate of drug-likeness (QED) is 0.880. The molecule has 1 unspecified atom stereocenters. The summed E-state index contributed by atoms with van der Waals surface area (Å²) in [5.74, 6) is 0.720. The fourth-order valence-electron chi connectivity index (χ4n) is 3.28. The van der Waals surface area contributed by atoms with Crippen molar-refractivity contribution in [2.45, 2.75) is 43.8 Å². The Balaban J connectivity index is 1.76. The molecule has 2 aliphatic rings. The van der Waals surface area contributed by atoms with Crippen LogP contribution in [0.4, 0.5) is 13.2 Å². The molecule has 0 spiro atoms. The van der Waals surface area contributed by atoms with Crippen LogP contribution in [0.25, 0.3) is 0 Å². The van der Waals surface area contributed by atoms with E-state index in [9.17, 15) is 13.2 Å². The van der Waals surface area contributed by atoms with Crippen LogP contribution in [0, 0.1) is 5.92 Å². The van der Waals surface area contributed by atoms with Gasteiger partial charge in [0.2, 0.25) is 0 Å². The van der Waals surface area contributed by atoms with Gasteiger partial charge < -0.3 is 5.32 Å². The number of nitrogens with one attached hydrogen (secondary N) is 1. The Bertz CT molecular complexity index is 439. The monoisotopic (exact) mass is 269 g/mol. The zero-order valence-electron chi connectivity index (χ0n) is 10.8. The molecule has 2 fully saturated rings. The van der Waals surface area contributed by atoms with Crippen LogP contribution in [0.3, 0.4) is 0 Å². The predicted molar refractivity (Wildman–Crippen MR) is 67.8 cm³/mol. The van der Waals surface area contributed by atoms with Crippen molar-refractivity contribution in [2.24, 2.45) is 5.92 Å². The maximum absolute atomic E-state index is 12.5. The van der Waals surface area contributed by atoms with Gasteiger partial charge in [-0.1, -0.05) is 12.1 Å². The Morgan fingerprint density at radius 1 is 1.16 bits per heavy atom. The van der Waals surface area contributed by atoms with Gasteiger partial charge in [0.15, 0.2) is 0 Å². The van der Waals surface area contributed by atoms with Gasteiger partial charge in [-0.3, -0.25) is 0 Å². The standard InChI is InChI=1S/C15H18F3N/c16-15(17,18)13-4-2-11(3-5-13)10-14(12-6-7-12)8-1-9-19-14/h2-5,12,19H,1,6-10H2. The lowest BCUT2D eigenvalue weighted by molar-refractivity contribution is -0.137. The summed E-state index contributed by atoms with van der Waals surface area (Å²) in [4.78, 5) is 0. The number of hydrogen-bond acceptors (Lipinski definition) is 1. The summed E-state index contributed by atoms with van der Waals surface area (Å²) in [7, 11) is 0. The lowest BCUT2D eigenvalue weighted by Crippen LogP contribution is -2.44. The summed E-state index contributed by atoms with van der Waals surface area (Å²) in [6, 6.07) is 5.66. The molecular formula is C15H18F3N. The molecule has 1 N–H and O–H groups in total. The smallest absolute Gasteiger partial charge is 0.311 e. The van der Waals surface area contributed by atoms with Crippen LogP contribution in [0.15, 0.2) is 24.3 Å². The van der Waals surface area contributed by atoms with E-state index in [1.54, 1.807) is 12.1 Å². The van der Waals surface area contributed by atoms with Gasteiger partial charge in [-0.2, -0.15) is 13.2 Å². The van der Waals surface area contributed by atoms with Crippen molar-refractivity contribution < 1.29 is 13.2 Å². The summed E-state index contributed by atoms with van der Waals surface area (Å²) in [6.07, 6.45) is 1.46. The first-order valence-electron chi connectivity index (χ1n) is 6.91. The minimum absolute atomic E-state index is 0.153. The topological polar surface area (TPSA) is 12.0 Å². The molecule has 1 nitrogen and oxygen atoms in total. The zero-order chi connectivity index (χ0) is 13.5. The van der Waals surface area contributed by atoms with Crippen LogP contribution < -0.4 is 5.32 Å². The molecule has 4 heteroatoms. The lowest BCUT2D eigenvalue weighted by atomic mass is 9.84. The maximum Gasteiger partial charge on any atom is 0.416 e. The summed E-state index contributed by atoms with van der Waals surface area (Å²) in [5, 5.41) is 3.60. The average Bonchev–Trinajstić information content (AvgIpc) is 3.12. The van der Waals surface area contributed by atoms with Crippen LogP contribution in [0.2, 0.25) is 0 Å². The maximum atomic E-state index is 12.5. The summed E-state index contributed by atoms with van der Waals surface area (Å²) < 4.78 is 37.6. The highest BCUT2D eigenvalue weighted by molar-refractivity contribution is 5.27. The van der Waals surface area contributed by atoms with Crippen molar-refractivity contribution >= 4 is 0 Å². The van der Waals surface area contributed by atoms with E-state index in [0.29, 0.717) is 0 Å². The third-order valence-corrected chi connectivity index (χ3v) is 4.44. The number of hydrogen-bond donors (Lipinski definition) is 1. The molecule has 1 aromatic carbocycles. The average molecular weight is 269 g/mol. The Morgan fingerprint density at radius 2 is 1.84 bits per heavy atom. The minimum atomic E-state index is -4.24. The van der Waals surface area contributed by atoms with E-state index in [1.807, 2.05) is 0 Å². The van der Waals surface area contributed by atoms with Crippen molar-refractivity contribution in [3.63, 3.8) is 0 Å². The molecule has 0 amide bonds. The van der Waals surface area contributed by atoms with Crippen molar-refractivity contribution in [1.29, 1.82) is 0 Å². The first kappa shape index (κ1) is 13.0. The minimum Gasteiger partial charge on any atom is -0.311 e.